The lowest BCUT2D eigenvalue weighted by atomic mass is 9.87. The molecule has 2 aromatic carbocycles. The van der Waals surface area contributed by atoms with Crippen LogP contribution in [0.4, 0.5) is 5.82 Å². The number of nitrogens with one attached hydrogen (secondary N) is 1. The number of nitrogens with zero attached hydrogens (tertiary/aromatic N) is 4. The van der Waals surface area contributed by atoms with Gasteiger partial charge >= 0.3 is 0 Å². The molecule has 0 aliphatic carbocycles. The largest absolute Gasteiger partial charge is 0.471 e. The monoisotopic (exact) mass is 443 g/mol. The Hall–Kier alpha value is -3.87. The minimum absolute atomic E-state index is 0.0963. The number of hydrogen-bond acceptors (Lipinski definition) is 4. The topological polar surface area (TPSA) is 74.0 Å². The second-order valence-corrected chi connectivity index (χ2v) is 9.07. The molecule has 0 bridgehead atoms. The molecule has 7 nitrogen and oxygen atoms in total. The summed E-state index contributed by atoms with van der Waals surface area (Å²) in [5.74, 6) is 0.923. The Kier molecular flexibility index (Phi) is 6.31. The predicted octanol–water partition coefficient (Wildman–Crippen LogP) is 5.02. The van der Waals surface area contributed by atoms with Crippen molar-refractivity contribution in [2.24, 2.45) is 0 Å². The molecule has 7 heteroatoms. The van der Waals surface area contributed by atoms with Crippen LogP contribution in [-0.2, 0) is 18.7 Å². The van der Waals surface area contributed by atoms with Crippen molar-refractivity contribution in [3.63, 3.8) is 0 Å². The zero-order chi connectivity index (χ0) is 23.4. The van der Waals surface area contributed by atoms with E-state index in [1.165, 1.54) is 16.7 Å². The quantitative estimate of drug-likeness (QED) is 0.435. The highest BCUT2D eigenvalue weighted by Gasteiger charge is 2.14. The van der Waals surface area contributed by atoms with Crippen LogP contribution < -0.4 is 10.1 Å². The molecular formula is C26H29N5O2. The number of ether oxygens (including phenoxy) is 1. The number of anilines is 1. The summed E-state index contributed by atoms with van der Waals surface area (Å²) in [4.78, 5) is 12.6. The van der Waals surface area contributed by atoms with Crippen molar-refractivity contribution >= 4 is 11.7 Å². The fraction of sp³-hybridized carbons (Fsp3) is 0.269. The maximum absolute atomic E-state index is 12.6. The fourth-order valence-corrected chi connectivity index (χ4v) is 3.41. The van der Waals surface area contributed by atoms with Crippen molar-refractivity contribution in [3.05, 3.63) is 95.4 Å². The van der Waals surface area contributed by atoms with E-state index in [0.29, 0.717) is 18.1 Å². The van der Waals surface area contributed by atoms with Gasteiger partial charge in [0.05, 0.1) is 6.54 Å². The van der Waals surface area contributed by atoms with Gasteiger partial charge in [-0.3, -0.25) is 9.48 Å². The summed E-state index contributed by atoms with van der Waals surface area (Å²) in [5.41, 5.74) is 4.03. The first-order valence-corrected chi connectivity index (χ1v) is 10.9. The fourth-order valence-electron chi connectivity index (χ4n) is 3.41. The Bertz CT molecular complexity index is 1230. The second-order valence-electron chi connectivity index (χ2n) is 9.07. The number of carbonyl (C=O) groups is 1. The van der Waals surface area contributed by atoms with Crippen LogP contribution in [0.1, 0.15) is 48.0 Å². The molecule has 2 heterocycles. The molecule has 4 aromatic rings. The zero-order valence-electron chi connectivity index (χ0n) is 19.4. The van der Waals surface area contributed by atoms with Crippen LogP contribution in [0.5, 0.6) is 5.75 Å². The first-order valence-electron chi connectivity index (χ1n) is 10.9. The third-order valence-electron chi connectivity index (χ3n) is 5.43. The highest BCUT2D eigenvalue weighted by Crippen LogP contribution is 2.24. The molecule has 33 heavy (non-hydrogen) atoms. The number of carbonyl (C=O) groups excluding carboxylic acids is 1. The predicted molar refractivity (Wildman–Crippen MR) is 128 cm³/mol. The minimum atomic E-state index is -0.315. The number of hydrogen-bond donors (Lipinski definition) is 1. The van der Waals surface area contributed by atoms with Crippen molar-refractivity contribution in [2.75, 3.05) is 5.32 Å². The van der Waals surface area contributed by atoms with Crippen molar-refractivity contribution < 1.29 is 9.53 Å². The molecule has 2 aromatic heterocycles. The van der Waals surface area contributed by atoms with Gasteiger partial charge in [0.15, 0.2) is 18.2 Å². The Balaban J connectivity index is 1.32. The molecule has 0 saturated carbocycles. The van der Waals surface area contributed by atoms with E-state index in [9.17, 15) is 4.79 Å². The van der Waals surface area contributed by atoms with Gasteiger partial charge in [0.25, 0.3) is 5.91 Å². The van der Waals surface area contributed by atoms with E-state index in [4.69, 9.17) is 4.74 Å². The van der Waals surface area contributed by atoms with Crippen LogP contribution in [0.3, 0.4) is 0 Å². The first kappa shape index (κ1) is 22.3. The smallest absolute Gasteiger partial charge is 0.277 e. The molecule has 0 fully saturated rings. The number of aryl methyl sites for hydroxylation is 1. The van der Waals surface area contributed by atoms with Crippen molar-refractivity contribution in [1.82, 2.24) is 19.6 Å². The summed E-state index contributed by atoms with van der Waals surface area (Å²) in [6.07, 6.45) is 3.56. The minimum Gasteiger partial charge on any atom is -0.471 e. The number of aromatic nitrogens is 4. The molecule has 0 atom stereocenters. The van der Waals surface area contributed by atoms with Gasteiger partial charge < -0.3 is 10.1 Å². The van der Waals surface area contributed by atoms with E-state index in [2.05, 4.69) is 67.5 Å². The Morgan fingerprint density at radius 2 is 1.67 bits per heavy atom. The van der Waals surface area contributed by atoms with Crippen LogP contribution in [0, 0.1) is 6.92 Å². The molecule has 1 amide bonds. The Labute approximate surface area is 194 Å². The molecule has 0 unspecified atom stereocenters. The highest BCUT2D eigenvalue weighted by atomic mass is 16.5. The Morgan fingerprint density at radius 3 is 2.39 bits per heavy atom. The van der Waals surface area contributed by atoms with Crippen LogP contribution >= 0.6 is 0 Å². The number of benzene rings is 2. The maximum atomic E-state index is 12.6. The van der Waals surface area contributed by atoms with E-state index < -0.39 is 0 Å². The first-order chi connectivity index (χ1) is 15.8. The van der Waals surface area contributed by atoms with E-state index in [0.717, 1.165) is 5.75 Å². The average molecular weight is 444 g/mol. The van der Waals surface area contributed by atoms with Gasteiger partial charge in [0, 0.05) is 18.5 Å². The number of rotatable bonds is 7. The molecule has 0 spiro atoms. The van der Waals surface area contributed by atoms with Gasteiger partial charge in [-0.05, 0) is 47.2 Å². The van der Waals surface area contributed by atoms with Gasteiger partial charge in [-0.2, -0.15) is 10.2 Å². The summed E-state index contributed by atoms with van der Waals surface area (Å²) < 4.78 is 9.18. The lowest BCUT2D eigenvalue weighted by Crippen LogP contribution is -2.15. The SMILES string of the molecule is Cc1ccccc1Cn1ccc(NC(=O)c2ccn(COc3ccc(C(C)(C)C)cc3)n2)n1. The lowest BCUT2D eigenvalue weighted by molar-refractivity contribution is 0.101. The molecule has 4 rings (SSSR count). The molecule has 170 valence electrons. The van der Waals surface area contributed by atoms with Crippen LogP contribution in [-0.4, -0.2) is 25.5 Å². The van der Waals surface area contributed by atoms with Crippen molar-refractivity contribution in [3.8, 4) is 5.75 Å². The standard InChI is InChI=1S/C26H29N5O2/c1-19-7-5-6-8-20(19)17-30-16-14-24(29-30)27-25(32)23-13-15-31(28-23)18-33-22-11-9-21(10-12-22)26(2,3)4/h5-16H,17-18H2,1-4H3,(H,27,29,32). The molecule has 0 saturated heterocycles. The Morgan fingerprint density at radius 1 is 0.939 bits per heavy atom. The second kappa shape index (κ2) is 9.32. The molecule has 1 N–H and O–H groups in total. The van der Waals surface area contributed by atoms with Crippen LogP contribution in [0.2, 0.25) is 0 Å². The van der Waals surface area contributed by atoms with Crippen molar-refractivity contribution in [1.29, 1.82) is 0 Å². The van der Waals surface area contributed by atoms with E-state index in [1.807, 2.05) is 30.5 Å². The summed E-state index contributed by atoms with van der Waals surface area (Å²) in [6, 6.07) is 19.6. The van der Waals surface area contributed by atoms with Crippen LogP contribution in [0.25, 0.3) is 0 Å². The normalized spacial score (nSPS) is 11.4. The van der Waals surface area contributed by atoms with Gasteiger partial charge in [0.1, 0.15) is 5.75 Å². The van der Waals surface area contributed by atoms with Gasteiger partial charge in [-0.15, -0.1) is 0 Å². The van der Waals surface area contributed by atoms with Gasteiger partial charge in [-0.1, -0.05) is 57.2 Å². The summed E-state index contributed by atoms with van der Waals surface area (Å²) >= 11 is 0. The van der Waals surface area contributed by atoms with Crippen LogP contribution in [0.15, 0.2) is 73.1 Å². The van der Waals surface area contributed by atoms with E-state index in [1.54, 1.807) is 27.7 Å². The maximum Gasteiger partial charge on any atom is 0.277 e. The summed E-state index contributed by atoms with van der Waals surface area (Å²) in [5, 5.41) is 11.6. The third-order valence-corrected chi connectivity index (χ3v) is 5.43. The summed E-state index contributed by atoms with van der Waals surface area (Å²) in [6.45, 7) is 9.45. The van der Waals surface area contributed by atoms with Gasteiger partial charge in [0.2, 0.25) is 0 Å². The molecule has 0 aliphatic heterocycles. The lowest BCUT2D eigenvalue weighted by Gasteiger charge is -2.19. The van der Waals surface area contributed by atoms with E-state index in [-0.39, 0.29) is 18.1 Å². The molecule has 0 radical (unpaired) electrons. The summed E-state index contributed by atoms with van der Waals surface area (Å²) in [7, 11) is 0. The third kappa shape index (κ3) is 5.68. The highest BCUT2D eigenvalue weighted by molar-refractivity contribution is 6.02. The molecular weight excluding hydrogens is 414 g/mol. The number of amides is 1. The average Bonchev–Trinajstić information content (AvgIpc) is 3.43. The zero-order valence-corrected chi connectivity index (χ0v) is 19.4. The van der Waals surface area contributed by atoms with Gasteiger partial charge in [-0.25, -0.2) is 4.68 Å². The van der Waals surface area contributed by atoms with E-state index >= 15 is 0 Å². The van der Waals surface area contributed by atoms with Crippen molar-refractivity contribution in [2.45, 2.75) is 46.4 Å². The molecule has 0 aliphatic rings.